The van der Waals surface area contributed by atoms with Crippen molar-refractivity contribution in [1.82, 2.24) is 5.32 Å². The first-order valence-corrected chi connectivity index (χ1v) is 8.23. The molecule has 0 saturated carbocycles. The van der Waals surface area contributed by atoms with Crippen LogP contribution in [0.5, 0.6) is 11.5 Å². The van der Waals surface area contributed by atoms with E-state index in [0.29, 0.717) is 13.2 Å². The van der Waals surface area contributed by atoms with Crippen LogP contribution in [0, 0.1) is 13.8 Å². The van der Waals surface area contributed by atoms with Gasteiger partial charge in [0.25, 0.3) is 5.91 Å². The highest BCUT2D eigenvalue weighted by atomic mass is 16.5. The van der Waals surface area contributed by atoms with E-state index < -0.39 is 6.10 Å². The molecule has 128 valence electrons. The smallest absolute Gasteiger partial charge is 0.261 e. The Labute approximate surface area is 143 Å². The average Bonchev–Trinajstić information content (AvgIpc) is 2.58. The first-order chi connectivity index (χ1) is 11.5. The molecule has 0 aliphatic heterocycles. The number of benzene rings is 2. The minimum atomic E-state index is -0.548. The van der Waals surface area contributed by atoms with Crippen molar-refractivity contribution in [2.45, 2.75) is 40.3 Å². The van der Waals surface area contributed by atoms with Crippen molar-refractivity contribution in [3.8, 4) is 11.5 Å². The first kappa shape index (κ1) is 17.9. The predicted octanol–water partition coefficient (Wildman–Crippen LogP) is 3.79. The maximum absolute atomic E-state index is 12.2. The Morgan fingerprint density at radius 1 is 1.12 bits per heavy atom. The molecule has 1 N–H and O–H groups in total. The van der Waals surface area contributed by atoms with Gasteiger partial charge in [-0.2, -0.15) is 0 Å². The standard InChI is InChI=1S/C20H25NO3/c1-5-23-18-11-9-17(10-12-18)13-21-20(22)16(4)24-19-8-6-7-14(2)15(19)3/h6-12,16H,5,13H2,1-4H3,(H,21,22)/t16-/m0/s1. The second kappa shape index (κ2) is 8.39. The molecule has 0 aliphatic rings. The molecule has 0 saturated heterocycles. The first-order valence-electron chi connectivity index (χ1n) is 8.23. The van der Waals surface area contributed by atoms with Crippen LogP contribution >= 0.6 is 0 Å². The number of hydrogen-bond donors (Lipinski definition) is 1. The van der Waals surface area contributed by atoms with Gasteiger partial charge in [-0.05, 0) is 62.6 Å². The summed E-state index contributed by atoms with van der Waals surface area (Å²) >= 11 is 0. The zero-order chi connectivity index (χ0) is 17.5. The summed E-state index contributed by atoms with van der Waals surface area (Å²) in [4.78, 5) is 12.2. The molecule has 4 heteroatoms. The molecule has 1 amide bonds. The zero-order valence-corrected chi connectivity index (χ0v) is 14.8. The van der Waals surface area contributed by atoms with E-state index in [1.807, 2.05) is 63.2 Å². The molecule has 24 heavy (non-hydrogen) atoms. The van der Waals surface area contributed by atoms with Crippen LogP contribution in [-0.2, 0) is 11.3 Å². The summed E-state index contributed by atoms with van der Waals surface area (Å²) in [7, 11) is 0. The van der Waals surface area contributed by atoms with Crippen molar-refractivity contribution in [3.63, 3.8) is 0 Å². The van der Waals surface area contributed by atoms with E-state index in [4.69, 9.17) is 9.47 Å². The van der Waals surface area contributed by atoms with Gasteiger partial charge in [0.05, 0.1) is 6.61 Å². The van der Waals surface area contributed by atoms with Gasteiger partial charge in [0.2, 0.25) is 0 Å². The number of ether oxygens (including phenoxy) is 2. The lowest BCUT2D eigenvalue weighted by molar-refractivity contribution is -0.127. The van der Waals surface area contributed by atoms with Crippen LogP contribution in [0.25, 0.3) is 0 Å². The van der Waals surface area contributed by atoms with Crippen molar-refractivity contribution in [2.75, 3.05) is 6.61 Å². The number of carbonyl (C=O) groups is 1. The van der Waals surface area contributed by atoms with Gasteiger partial charge in [-0.25, -0.2) is 0 Å². The van der Waals surface area contributed by atoms with Crippen LogP contribution in [0.1, 0.15) is 30.5 Å². The number of hydrogen-bond acceptors (Lipinski definition) is 3. The molecular weight excluding hydrogens is 302 g/mol. The van der Waals surface area contributed by atoms with Crippen molar-refractivity contribution in [1.29, 1.82) is 0 Å². The fraction of sp³-hybridized carbons (Fsp3) is 0.350. The molecule has 0 spiro atoms. The summed E-state index contributed by atoms with van der Waals surface area (Å²) in [6.07, 6.45) is -0.548. The lowest BCUT2D eigenvalue weighted by Crippen LogP contribution is -2.36. The third-order valence-electron chi connectivity index (χ3n) is 3.93. The van der Waals surface area contributed by atoms with Crippen molar-refractivity contribution >= 4 is 5.91 Å². The van der Waals surface area contributed by atoms with Crippen LogP contribution in [0.15, 0.2) is 42.5 Å². The lowest BCUT2D eigenvalue weighted by Gasteiger charge is -2.17. The lowest BCUT2D eigenvalue weighted by atomic mass is 10.1. The predicted molar refractivity (Wildman–Crippen MR) is 95.5 cm³/mol. The average molecular weight is 327 g/mol. The number of carbonyl (C=O) groups excluding carboxylic acids is 1. The zero-order valence-electron chi connectivity index (χ0n) is 14.8. The highest BCUT2D eigenvalue weighted by molar-refractivity contribution is 5.80. The summed E-state index contributed by atoms with van der Waals surface area (Å²) < 4.78 is 11.2. The van der Waals surface area contributed by atoms with Crippen molar-refractivity contribution < 1.29 is 14.3 Å². The van der Waals surface area contributed by atoms with E-state index >= 15 is 0 Å². The second-order valence-electron chi connectivity index (χ2n) is 5.75. The Balaban J connectivity index is 1.88. The molecule has 0 bridgehead atoms. The number of rotatable bonds is 7. The van der Waals surface area contributed by atoms with Gasteiger partial charge < -0.3 is 14.8 Å². The summed E-state index contributed by atoms with van der Waals surface area (Å²) in [6.45, 7) is 8.84. The van der Waals surface area contributed by atoms with Gasteiger partial charge >= 0.3 is 0 Å². The van der Waals surface area contributed by atoms with Gasteiger partial charge in [-0.3, -0.25) is 4.79 Å². The van der Waals surface area contributed by atoms with Gasteiger partial charge in [-0.15, -0.1) is 0 Å². The fourth-order valence-electron chi connectivity index (χ4n) is 2.30. The summed E-state index contributed by atoms with van der Waals surface area (Å²) in [6, 6.07) is 13.5. The number of amides is 1. The summed E-state index contributed by atoms with van der Waals surface area (Å²) in [5.41, 5.74) is 3.23. The van der Waals surface area contributed by atoms with E-state index in [2.05, 4.69) is 5.32 Å². The molecule has 2 aromatic rings. The van der Waals surface area contributed by atoms with Crippen LogP contribution in [-0.4, -0.2) is 18.6 Å². The molecule has 0 fully saturated rings. The molecule has 4 nitrogen and oxygen atoms in total. The monoisotopic (exact) mass is 327 g/mol. The molecule has 0 radical (unpaired) electrons. The third kappa shape index (κ3) is 4.75. The molecule has 2 rings (SSSR count). The maximum Gasteiger partial charge on any atom is 0.261 e. The molecule has 0 heterocycles. The topological polar surface area (TPSA) is 47.6 Å². The Morgan fingerprint density at radius 3 is 2.50 bits per heavy atom. The SMILES string of the molecule is CCOc1ccc(CNC(=O)[C@H](C)Oc2cccc(C)c2C)cc1. The molecule has 2 aromatic carbocycles. The molecule has 0 aliphatic carbocycles. The molecule has 0 unspecified atom stereocenters. The normalized spacial score (nSPS) is 11.7. The molecule has 1 atom stereocenters. The van der Waals surface area contributed by atoms with Crippen molar-refractivity contribution in [2.24, 2.45) is 0 Å². The van der Waals surface area contributed by atoms with Crippen LogP contribution in [0.2, 0.25) is 0 Å². The summed E-state index contributed by atoms with van der Waals surface area (Å²) in [5.74, 6) is 1.45. The van der Waals surface area contributed by atoms with E-state index in [-0.39, 0.29) is 5.91 Å². The molecule has 0 aromatic heterocycles. The minimum Gasteiger partial charge on any atom is -0.494 e. The Bertz CT molecular complexity index is 680. The highest BCUT2D eigenvalue weighted by Gasteiger charge is 2.15. The number of nitrogens with one attached hydrogen (secondary N) is 1. The third-order valence-corrected chi connectivity index (χ3v) is 3.93. The quantitative estimate of drug-likeness (QED) is 0.842. The Hall–Kier alpha value is -2.49. The van der Waals surface area contributed by atoms with Gasteiger partial charge in [-0.1, -0.05) is 24.3 Å². The summed E-state index contributed by atoms with van der Waals surface area (Å²) in [5, 5.41) is 2.90. The highest BCUT2D eigenvalue weighted by Crippen LogP contribution is 2.21. The van der Waals surface area contributed by atoms with E-state index in [9.17, 15) is 4.79 Å². The van der Waals surface area contributed by atoms with Crippen molar-refractivity contribution in [3.05, 3.63) is 59.2 Å². The van der Waals surface area contributed by atoms with E-state index in [0.717, 1.165) is 28.2 Å². The van der Waals surface area contributed by atoms with E-state index in [1.165, 1.54) is 0 Å². The number of aryl methyl sites for hydroxylation is 1. The largest absolute Gasteiger partial charge is 0.494 e. The van der Waals surface area contributed by atoms with Crippen LogP contribution in [0.4, 0.5) is 0 Å². The van der Waals surface area contributed by atoms with Crippen LogP contribution < -0.4 is 14.8 Å². The fourth-order valence-corrected chi connectivity index (χ4v) is 2.30. The second-order valence-corrected chi connectivity index (χ2v) is 5.75. The van der Waals surface area contributed by atoms with E-state index in [1.54, 1.807) is 6.92 Å². The van der Waals surface area contributed by atoms with Gasteiger partial charge in [0, 0.05) is 6.54 Å². The maximum atomic E-state index is 12.2. The van der Waals surface area contributed by atoms with Crippen LogP contribution in [0.3, 0.4) is 0 Å². The Kier molecular flexibility index (Phi) is 6.24. The minimum absolute atomic E-state index is 0.134. The Morgan fingerprint density at radius 2 is 1.83 bits per heavy atom. The van der Waals surface area contributed by atoms with Gasteiger partial charge in [0.1, 0.15) is 11.5 Å². The van der Waals surface area contributed by atoms with Gasteiger partial charge in [0.15, 0.2) is 6.10 Å². The molecular formula is C20H25NO3.